The zero-order valence-corrected chi connectivity index (χ0v) is 12.3. The van der Waals surface area contributed by atoms with Gasteiger partial charge in [-0.3, -0.25) is 10.1 Å². The van der Waals surface area contributed by atoms with E-state index in [1.807, 2.05) is 0 Å². The maximum atomic E-state index is 12.8. The zero-order chi connectivity index (χ0) is 15.9. The molecule has 0 fully saturated rings. The summed E-state index contributed by atoms with van der Waals surface area (Å²) < 4.78 is 27.2. The molecule has 0 aliphatic heterocycles. The van der Waals surface area contributed by atoms with Crippen molar-refractivity contribution in [1.29, 1.82) is 0 Å². The number of nitrogens with zero attached hydrogens (tertiary/aromatic N) is 3. The number of nitro groups is 1. The number of hydrogen-bond donors (Lipinski definition) is 0. The van der Waals surface area contributed by atoms with Gasteiger partial charge in [-0.1, -0.05) is 6.07 Å². The molecule has 0 amide bonds. The maximum Gasteiger partial charge on any atom is 0.270 e. The fourth-order valence-corrected chi connectivity index (χ4v) is 3.82. The van der Waals surface area contributed by atoms with Crippen LogP contribution < -0.4 is 0 Å². The van der Waals surface area contributed by atoms with Gasteiger partial charge >= 0.3 is 0 Å². The molecular formula is C14H11N3O4S. The number of rotatable bonds is 3. The number of benzene rings is 1. The molecule has 7 nitrogen and oxygen atoms in total. The third-order valence-electron chi connectivity index (χ3n) is 3.33. The molecule has 0 N–H and O–H groups in total. The molecule has 2 heterocycles. The van der Waals surface area contributed by atoms with Crippen LogP contribution in [0.1, 0.15) is 0 Å². The molecule has 1 aromatic carbocycles. The van der Waals surface area contributed by atoms with E-state index in [1.165, 1.54) is 24.4 Å². The van der Waals surface area contributed by atoms with Crippen molar-refractivity contribution >= 4 is 26.6 Å². The minimum absolute atomic E-state index is 0.0820. The predicted octanol–water partition coefficient (Wildman–Crippen LogP) is 2.31. The van der Waals surface area contributed by atoms with Crippen LogP contribution in [0.25, 0.3) is 11.0 Å². The van der Waals surface area contributed by atoms with Crippen LogP contribution in [0, 0.1) is 10.1 Å². The molecule has 3 aromatic rings. The second kappa shape index (κ2) is 4.92. The highest BCUT2D eigenvalue weighted by Gasteiger charge is 2.24. The maximum absolute atomic E-state index is 12.8. The zero-order valence-electron chi connectivity index (χ0n) is 11.5. The third kappa shape index (κ3) is 2.13. The molecule has 8 heteroatoms. The quantitative estimate of drug-likeness (QED) is 0.545. The highest BCUT2D eigenvalue weighted by atomic mass is 32.2. The van der Waals surface area contributed by atoms with Gasteiger partial charge in [0, 0.05) is 37.0 Å². The molecule has 0 bridgehead atoms. The van der Waals surface area contributed by atoms with Gasteiger partial charge in [-0.2, -0.15) is 0 Å². The van der Waals surface area contributed by atoms with Gasteiger partial charge in [0.05, 0.1) is 14.7 Å². The molecule has 0 aliphatic carbocycles. The van der Waals surface area contributed by atoms with E-state index in [0.29, 0.717) is 11.0 Å². The Morgan fingerprint density at radius 3 is 2.73 bits per heavy atom. The van der Waals surface area contributed by atoms with Crippen molar-refractivity contribution in [2.45, 2.75) is 9.79 Å². The molecule has 0 saturated heterocycles. The molecule has 0 atom stereocenters. The average molecular weight is 317 g/mol. The second-order valence-corrected chi connectivity index (χ2v) is 6.65. The van der Waals surface area contributed by atoms with Crippen LogP contribution in [0.2, 0.25) is 0 Å². The standard InChI is InChI=1S/C14H11N3O4S/c1-16-9-13(12-6-3-7-15-14(12)16)22(20,21)11-5-2-4-10(8-11)17(18)19/h2-9H,1H3. The summed E-state index contributed by atoms with van der Waals surface area (Å²) in [4.78, 5) is 14.3. The Hall–Kier alpha value is -2.74. The van der Waals surface area contributed by atoms with Gasteiger partial charge in [0.2, 0.25) is 9.84 Å². The number of aryl methyl sites for hydroxylation is 1. The Balaban J connectivity index is 2.25. The summed E-state index contributed by atoms with van der Waals surface area (Å²) in [6.45, 7) is 0. The Bertz CT molecular complexity index is 992. The van der Waals surface area contributed by atoms with Crippen LogP contribution >= 0.6 is 0 Å². The number of fused-ring (bicyclic) bond motifs is 1. The Labute approximate surface area is 125 Å². The van der Waals surface area contributed by atoms with Crippen molar-refractivity contribution in [3.63, 3.8) is 0 Å². The van der Waals surface area contributed by atoms with Crippen molar-refractivity contribution in [3.8, 4) is 0 Å². The fourth-order valence-electron chi connectivity index (χ4n) is 2.28. The molecule has 112 valence electrons. The van der Waals surface area contributed by atoms with Crippen molar-refractivity contribution in [1.82, 2.24) is 9.55 Å². The Morgan fingerprint density at radius 1 is 1.23 bits per heavy atom. The lowest BCUT2D eigenvalue weighted by atomic mass is 10.3. The van der Waals surface area contributed by atoms with Crippen molar-refractivity contribution < 1.29 is 13.3 Å². The van der Waals surface area contributed by atoms with E-state index in [0.717, 1.165) is 6.07 Å². The lowest BCUT2D eigenvalue weighted by Gasteiger charge is -2.03. The first-order valence-corrected chi connectivity index (χ1v) is 7.79. The SMILES string of the molecule is Cn1cc(S(=O)(=O)c2cccc([N+](=O)[O-])c2)c2cccnc21. The smallest absolute Gasteiger partial charge is 0.270 e. The summed E-state index contributed by atoms with van der Waals surface area (Å²) in [5.41, 5.74) is 0.269. The van der Waals surface area contributed by atoms with Gasteiger partial charge in [-0.25, -0.2) is 13.4 Å². The van der Waals surface area contributed by atoms with E-state index < -0.39 is 14.8 Å². The van der Waals surface area contributed by atoms with E-state index in [2.05, 4.69) is 4.98 Å². The monoisotopic (exact) mass is 317 g/mol. The topological polar surface area (TPSA) is 95.1 Å². The van der Waals surface area contributed by atoms with Gasteiger partial charge in [0.1, 0.15) is 5.65 Å². The summed E-state index contributed by atoms with van der Waals surface area (Å²) in [6, 6.07) is 8.32. The van der Waals surface area contributed by atoms with Crippen LogP contribution in [-0.2, 0) is 16.9 Å². The number of pyridine rings is 1. The summed E-state index contributed by atoms with van der Waals surface area (Å²) in [6.07, 6.45) is 3.04. The first kappa shape index (κ1) is 14.2. The summed E-state index contributed by atoms with van der Waals surface area (Å²) in [5, 5.41) is 11.3. The highest BCUT2D eigenvalue weighted by Crippen LogP contribution is 2.30. The fraction of sp³-hybridized carbons (Fsp3) is 0.0714. The van der Waals surface area contributed by atoms with Crippen LogP contribution in [0.4, 0.5) is 5.69 Å². The molecule has 0 aliphatic rings. The minimum Gasteiger partial charge on any atom is -0.334 e. The van der Waals surface area contributed by atoms with Crippen molar-refractivity contribution in [3.05, 3.63) is 58.9 Å². The second-order valence-electron chi connectivity index (χ2n) is 4.74. The molecular weight excluding hydrogens is 306 g/mol. The van der Waals surface area contributed by atoms with Gasteiger partial charge in [0.25, 0.3) is 5.69 Å². The number of non-ortho nitro benzene ring substituents is 1. The van der Waals surface area contributed by atoms with Crippen molar-refractivity contribution in [2.75, 3.05) is 0 Å². The van der Waals surface area contributed by atoms with Gasteiger partial charge in [0.15, 0.2) is 0 Å². The average Bonchev–Trinajstić information content (AvgIpc) is 2.86. The molecule has 0 radical (unpaired) electrons. The lowest BCUT2D eigenvalue weighted by molar-refractivity contribution is -0.385. The molecule has 0 saturated carbocycles. The van der Waals surface area contributed by atoms with E-state index in [1.54, 1.807) is 29.9 Å². The summed E-state index contributed by atoms with van der Waals surface area (Å²) >= 11 is 0. The molecule has 0 unspecified atom stereocenters. The summed E-state index contributed by atoms with van der Waals surface area (Å²) in [5.74, 6) is 0. The Kier molecular flexibility index (Phi) is 3.18. The predicted molar refractivity (Wildman–Crippen MR) is 79.3 cm³/mol. The van der Waals surface area contributed by atoms with E-state index in [9.17, 15) is 18.5 Å². The number of aromatic nitrogens is 2. The van der Waals surface area contributed by atoms with Gasteiger partial charge < -0.3 is 4.57 Å². The van der Waals surface area contributed by atoms with Gasteiger partial charge in [-0.05, 0) is 18.2 Å². The normalized spacial score (nSPS) is 11.7. The Morgan fingerprint density at radius 2 is 2.00 bits per heavy atom. The summed E-state index contributed by atoms with van der Waals surface area (Å²) in [7, 11) is -2.17. The van der Waals surface area contributed by atoms with Gasteiger partial charge in [-0.15, -0.1) is 0 Å². The van der Waals surface area contributed by atoms with Crippen LogP contribution in [0.15, 0.2) is 58.6 Å². The van der Waals surface area contributed by atoms with E-state index in [-0.39, 0.29) is 15.5 Å². The molecule has 0 spiro atoms. The lowest BCUT2D eigenvalue weighted by Crippen LogP contribution is -2.02. The number of sulfone groups is 1. The third-order valence-corrected chi connectivity index (χ3v) is 5.10. The van der Waals surface area contributed by atoms with Crippen LogP contribution in [-0.4, -0.2) is 22.9 Å². The molecule has 22 heavy (non-hydrogen) atoms. The minimum atomic E-state index is -3.87. The van der Waals surface area contributed by atoms with E-state index >= 15 is 0 Å². The van der Waals surface area contributed by atoms with E-state index in [4.69, 9.17) is 0 Å². The highest BCUT2D eigenvalue weighted by molar-refractivity contribution is 7.91. The van der Waals surface area contributed by atoms with Crippen molar-refractivity contribution in [2.24, 2.45) is 7.05 Å². The first-order valence-electron chi connectivity index (χ1n) is 6.31. The molecule has 3 rings (SSSR count). The largest absolute Gasteiger partial charge is 0.334 e. The molecule has 2 aromatic heterocycles. The van der Waals surface area contributed by atoms with Crippen LogP contribution in [0.5, 0.6) is 0 Å². The number of nitro benzene ring substituents is 1. The van der Waals surface area contributed by atoms with Crippen LogP contribution in [0.3, 0.4) is 0 Å². The first-order chi connectivity index (χ1) is 10.4. The number of hydrogen-bond acceptors (Lipinski definition) is 5.